The van der Waals surface area contributed by atoms with E-state index in [1.54, 1.807) is 12.1 Å². The van der Waals surface area contributed by atoms with E-state index in [-0.39, 0.29) is 10.8 Å². The van der Waals surface area contributed by atoms with Gasteiger partial charge >= 0.3 is 24.3 Å². The molecule has 3 rings (SSSR count). The van der Waals surface area contributed by atoms with E-state index in [0.717, 1.165) is 0 Å². The lowest BCUT2D eigenvalue weighted by Crippen LogP contribution is -2.26. The molecule has 0 fully saturated rings. The zero-order chi connectivity index (χ0) is 25.4. The second kappa shape index (κ2) is 11.5. The predicted molar refractivity (Wildman–Crippen MR) is 98.5 cm³/mol. The van der Waals surface area contributed by atoms with Gasteiger partial charge in [0.25, 0.3) is 5.82 Å². The molecule has 11 nitrogen and oxygen atoms in total. The molecule has 3 aromatic rings. The van der Waals surface area contributed by atoms with Gasteiger partial charge in [-0.3, -0.25) is 4.79 Å². The van der Waals surface area contributed by atoms with Gasteiger partial charge in [0.2, 0.25) is 0 Å². The summed E-state index contributed by atoms with van der Waals surface area (Å²) < 4.78 is 74.1. The molecule has 3 aromatic heterocycles. The highest BCUT2D eigenvalue weighted by atomic mass is 35.5. The fraction of sp³-hybridized carbons (Fsp3) is 0.214. The summed E-state index contributed by atoms with van der Waals surface area (Å²) in [5.74, 6) is 0.557. The molecule has 0 aliphatic rings. The Labute approximate surface area is 188 Å². The standard InChI is InChI=1S/C6H2ClF3N4.C4H5ClN4.C4H3F3O3/c7-3-1-2-4-11-12-5(6(8,9)10)14(4)13-3;5-3-1-2-4(7-6)9-8-3;1-2(8)10-3(9)4(5,6)7/h1-2H;1-2H,6H2,(H,7,9);1H3. The van der Waals surface area contributed by atoms with Crippen LogP contribution in [0.25, 0.3) is 5.65 Å². The van der Waals surface area contributed by atoms with Crippen LogP contribution in [0.5, 0.6) is 0 Å². The molecule has 0 saturated heterocycles. The van der Waals surface area contributed by atoms with Gasteiger partial charge in [0.05, 0.1) is 0 Å². The monoisotopic (exact) mass is 522 g/mol. The van der Waals surface area contributed by atoms with Crippen LogP contribution in [0.3, 0.4) is 0 Å². The number of nitrogens with zero attached hydrogens (tertiary/aromatic N) is 6. The van der Waals surface area contributed by atoms with Gasteiger partial charge in [-0.15, -0.1) is 20.4 Å². The zero-order valence-electron chi connectivity index (χ0n) is 15.8. The van der Waals surface area contributed by atoms with Crippen molar-refractivity contribution in [3.63, 3.8) is 0 Å². The Morgan fingerprint density at radius 3 is 2.00 bits per heavy atom. The number of hydrogen-bond acceptors (Lipinski definition) is 10. The van der Waals surface area contributed by atoms with Crippen LogP contribution >= 0.6 is 23.2 Å². The highest BCUT2D eigenvalue weighted by Gasteiger charge is 2.41. The number of rotatable bonds is 1. The molecule has 180 valence electrons. The van der Waals surface area contributed by atoms with Crippen molar-refractivity contribution in [2.24, 2.45) is 5.84 Å². The molecule has 3 heterocycles. The zero-order valence-corrected chi connectivity index (χ0v) is 17.3. The van der Waals surface area contributed by atoms with Crippen LogP contribution in [0.1, 0.15) is 12.7 Å². The Hall–Kier alpha value is -3.31. The first-order valence-electron chi connectivity index (χ1n) is 7.85. The van der Waals surface area contributed by atoms with Gasteiger partial charge in [-0.1, -0.05) is 23.2 Å². The van der Waals surface area contributed by atoms with Crippen molar-refractivity contribution >= 4 is 46.6 Å². The number of nitrogens with two attached hydrogens (primary N) is 1. The molecule has 0 aliphatic carbocycles. The topological polar surface area (TPSA) is 150 Å². The second-order valence-corrected chi connectivity index (χ2v) is 5.99. The first kappa shape index (κ1) is 27.7. The Balaban J connectivity index is 0.000000257. The van der Waals surface area contributed by atoms with Crippen LogP contribution in [0.15, 0.2) is 24.3 Å². The number of ether oxygens (including phenoxy) is 1. The molecular formula is C14H10Cl2F6N8O3. The lowest BCUT2D eigenvalue weighted by Gasteiger charge is -2.02. The molecule has 0 radical (unpaired) electrons. The first-order chi connectivity index (χ1) is 15.1. The fourth-order valence-corrected chi connectivity index (χ4v) is 1.76. The van der Waals surface area contributed by atoms with E-state index >= 15 is 0 Å². The minimum atomic E-state index is -5.09. The normalized spacial score (nSPS) is 11.0. The highest BCUT2D eigenvalue weighted by Crippen LogP contribution is 2.27. The fourth-order valence-electron chi connectivity index (χ4n) is 1.52. The van der Waals surface area contributed by atoms with E-state index in [1.807, 2.05) is 0 Å². The van der Waals surface area contributed by atoms with Crippen molar-refractivity contribution in [2.45, 2.75) is 19.3 Å². The molecule has 19 heteroatoms. The number of aromatic nitrogens is 6. The van der Waals surface area contributed by atoms with Crippen LogP contribution in [0.2, 0.25) is 10.3 Å². The maximum absolute atomic E-state index is 12.3. The summed E-state index contributed by atoms with van der Waals surface area (Å²) in [6.07, 6.45) is -9.68. The van der Waals surface area contributed by atoms with Crippen molar-refractivity contribution in [1.82, 2.24) is 30.0 Å². The Kier molecular flexibility index (Phi) is 9.68. The molecule has 0 aromatic carbocycles. The first-order valence-corrected chi connectivity index (χ1v) is 8.61. The quantitative estimate of drug-likeness (QED) is 0.160. The van der Waals surface area contributed by atoms with Gasteiger partial charge in [0.1, 0.15) is 5.15 Å². The summed E-state index contributed by atoms with van der Waals surface area (Å²) in [5.41, 5.74) is 2.32. The highest BCUT2D eigenvalue weighted by molar-refractivity contribution is 6.29. The van der Waals surface area contributed by atoms with Gasteiger partial charge in [0.15, 0.2) is 16.6 Å². The smallest absolute Gasteiger partial charge is 0.387 e. The van der Waals surface area contributed by atoms with E-state index in [2.05, 4.69) is 35.7 Å². The van der Waals surface area contributed by atoms with E-state index in [4.69, 9.17) is 29.0 Å². The summed E-state index contributed by atoms with van der Waals surface area (Å²) in [5, 5.41) is 17.1. The number of carbonyl (C=O) groups excluding carboxylic acids is 2. The molecule has 33 heavy (non-hydrogen) atoms. The third-order valence-electron chi connectivity index (χ3n) is 2.73. The van der Waals surface area contributed by atoms with Crippen molar-refractivity contribution in [1.29, 1.82) is 0 Å². The lowest BCUT2D eigenvalue weighted by atomic mass is 10.5. The maximum Gasteiger partial charge on any atom is 0.491 e. The van der Waals surface area contributed by atoms with Crippen molar-refractivity contribution < 1.29 is 40.7 Å². The van der Waals surface area contributed by atoms with Gasteiger partial charge in [-0.2, -0.15) is 36.0 Å². The molecule has 0 spiro atoms. The molecular weight excluding hydrogens is 513 g/mol. The van der Waals surface area contributed by atoms with E-state index in [0.29, 0.717) is 22.4 Å². The number of halogens is 8. The van der Waals surface area contributed by atoms with Crippen LogP contribution in [-0.4, -0.2) is 48.1 Å². The van der Waals surface area contributed by atoms with Gasteiger partial charge in [-0.05, 0) is 24.3 Å². The molecule has 0 saturated carbocycles. The number of carbonyl (C=O) groups is 2. The van der Waals surface area contributed by atoms with Gasteiger partial charge in [-0.25, -0.2) is 10.6 Å². The molecule has 0 amide bonds. The second-order valence-electron chi connectivity index (χ2n) is 5.21. The Morgan fingerprint density at radius 2 is 1.58 bits per heavy atom. The Morgan fingerprint density at radius 1 is 0.970 bits per heavy atom. The van der Waals surface area contributed by atoms with Crippen LogP contribution in [0.4, 0.5) is 32.2 Å². The maximum atomic E-state index is 12.3. The minimum Gasteiger partial charge on any atom is -0.387 e. The summed E-state index contributed by atoms with van der Waals surface area (Å²) in [4.78, 5) is 19.5. The summed E-state index contributed by atoms with van der Waals surface area (Å²) >= 11 is 10.9. The van der Waals surface area contributed by atoms with Crippen molar-refractivity contribution in [3.05, 3.63) is 40.4 Å². The molecule has 0 atom stereocenters. The Bertz CT molecular complexity index is 1090. The van der Waals surface area contributed by atoms with Crippen molar-refractivity contribution in [2.75, 3.05) is 5.43 Å². The van der Waals surface area contributed by atoms with E-state index < -0.39 is 30.1 Å². The number of hydrazine groups is 1. The summed E-state index contributed by atoms with van der Waals surface area (Å²) in [7, 11) is 0. The van der Waals surface area contributed by atoms with Gasteiger partial charge < -0.3 is 10.2 Å². The average Bonchev–Trinajstić information content (AvgIpc) is 3.12. The molecule has 0 unspecified atom stereocenters. The van der Waals surface area contributed by atoms with Crippen molar-refractivity contribution in [3.8, 4) is 0 Å². The number of anilines is 1. The third kappa shape index (κ3) is 9.38. The molecule has 3 N–H and O–H groups in total. The van der Waals surface area contributed by atoms with Crippen LogP contribution in [-0.2, 0) is 20.5 Å². The SMILES string of the molecule is CC(=O)OC(=O)C(F)(F)F.FC(F)(F)c1nnc2ccc(Cl)nn12.NNc1ccc(Cl)nn1. The molecule has 0 aliphatic heterocycles. The molecule has 0 bridgehead atoms. The van der Waals surface area contributed by atoms with E-state index in [9.17, 15) is 35.9 Å². The average molecular weight is 523 g/mol. The van der Waals surface area contributed by atoms with Crippen LogP contribution < -0.4 is 11.3 Å². The predicted octanol–water partition coefficient (Wildman–Crippen LogP) is 2.85. The number of hydrogen-bond donors (Lipinski definition) is 2. The number of alkyl halides is 6. The third-order valence-corrected chi connectivity index (χ3v) is 3.13. The van der Waals surface area contributed by atoms with E-state index in [1.165, 1.54) is 12.1 Å². The largest absolute Gasteiger partial charge is 0.491 e. The van der Waals surface area contributed by atoms with Gasteiger partial charge in [0, 0.05) is 6.92 Å². The summed E-state index contributed by atoms with van der Waals surface area (Å²) in [6, 6.07) is 5.88. The number of fused-ring (bicyclic) bond motifs is 1. The lowest BCUT2D eigenvalue weighted by molar-refractivity contribution is -0.201. The number of nitrogen functional groups attached to an aromatic ring is 1. The minimum absolute atomic E-state index is 0.00160. The van der Waals surface area contributed by atoms with Crippen LogP contribution in [0, 0.1) is 0 Å². The number of nitrogens with one attached hydrogen (secondary N) is 1. The summed E-state index contributed by atoms with van der Waals surface area (Å²) in [6.45, 7) is 0.712. The number of esters is 2.